The highest BCUT2D eigenvalue weighted by molar-refractivity contribution is 5.92. The van der Waals surface area contributed by atoms with Crippen molar-refractivity contribution in [1.29, 1.82) is 0 Å². The van der Waals surface area contributed by atoms with E-state index in [9.17, 15) is 4.79 Å². The van der Waals surface area contributed by atoms with Crippen molar-refractivity contribution in [2.24, 2.45) is 0 Å². The molecular weight excluding hydrogens is 240 g/mol. The Morgan fingerprint density at radius 1 is 1.37 bits per heavy atom. The molecule has 2 aliphatic rings. The van der Waals surface area contributed by atoms with E-state index in [1.54, 1.807) is 12.3 Å². The number of hydrogen-bond donors (Lipinski definition) is 1. The van der Waals surface area contributed by atoms with Gasteiger partial charge in [-0.25, -0.2) is 0 Å². The summed E-state index contributed by atoms with van der Waals surface area (Å²) in [5.41, 5.74) is 0.618. The van der Waals surface area contributed by atoms with Gasteiger partial charge in [0.1, 0.15) is 5.69 Å². The molecule has 0 bridgehead atoms. The normalized spacial score (nSPS) is 28.2. The number of nitrogens with zero attached hydrogens (tertiary/aromatic N) is 3. The molecule has 3 rings (SSSR count). The zero-order chi connectivity index (χ0) is 13.2. The number of rotatable bonds is 3. The predicted octanol–water partition coefficient (Wildman–Crippen LogP) is 1.50. The third kappa shape index (κ3) is 2.27. The number of amides is 1. The van der Waals surface area contributed by atoms with Gasteiger partial charge in [0.05, 0.1) is 0 Å². The molecule has 2 atom stereocenters. The van der Waals surface area contributed by atoms with Gasteiger partial charge in [-0.1, -0.05) is 6.92 Å². The van der Waals surface area contributed by atoms with Crippen molar-refractivity contribution in [3.05, 3.63) is 18.0 Å². The summed E-state index contributed by atoms with van der Waals surface area (Å²) in [4.78, 5) is 17.1. The summed E-state index contributed by atoms with van der Waals surface area (Å²) in [5, 5.41) is 6.68. The number of H-pyrrole nitrogens is 1. The van der Waals surface area contributed by atoms with Crippen LogP contribution in [0, 0.1) is 0 Å². The molecule has 0 saturated carbocycles. The van der Waals surface area contributed by atoms with E-state index in [4.69, 9.17) is 0 Å². The van der Waals surface area contributed by atoms with Crippen LogP contribution in [0.25, 0.3) is 0 Å². The lowest BCUT2D eigenvalue weighted by atomic mass is 10.0. The fraction of sp³-hybridized carbons (Fsp3) is 0.714. The lowest BCUT2D eigenvalue weighted by molar-refractivity contribution is 0.0644. The maximum atomic E-state index is 12.5. The molecule has 2 aliphatic heterocycles. The Morgan fingerprint density at radius 2 is 2.16 bits per heavy atom. The topological polar surface area (TPSA) is 52.2 Å². The number of likely N-dealkylation sites (tertiary alicyclic amines) is 2. The molecule has 104 valence electrons. The van der Waals surface area contributed by atoms with E-state index in [-0.39, 0.29) is 5.91 Å². The molecule has 0 unspecified atom stereocenters. The van der Waals surface area contributed by atoms with Gasteiger partial charge in [0, 0.05) is 24.8 Å². The van der Waals surface area contributed by atoms with Gasteiger partial charge in [0.2, 0.25) is 0 Å². The summed E-state index contributed by atoms with van der Waals surface area (Å²) in [7, 11) is 0. The van der Waals surface area contributed by atoms with Crippen molar-refractivity contribution in [3.8, 4) is 0 Å². The molecule has 0 radical (unpaired) electrons. The van der Waals surface area contributed by atoms with Gasteiger partial charge in [0.25, 0.3) is 5.91 Å². The molecule has 5 heteroatoms. The number of nitrogens with one attached hydrogen (secondary N) is 1. The summed E-state index contributed by atoms with van der Waals surface area (Å²) >= 11 is 0. The van der Waals surface area contributed by atoms with Gasteiger partial charge in [-0.2, -0.15) is 5.10 Å². The monoisotopic (exact) mass is 262 g/mol. The van der Waals surface area contributed by atoms with Gasteiger partial charge in [0.15, 0.2) is 0 Å². The molecular formula is C14H22N4O. The first-order chi connectivity index (χ1) is 9.31. The van der Waals surface area contributed by atoms with E-state index >= 15 is 0 Å². The van der Waals surface area contributed by atoms with Crippen LogP contribution < -0.4 is 0 Å². The van der Waals surface area contributed by atoms with Crippen LogP contribution in [0.3, 0.4) is 0 Å². The first kappa shape index (κ1) is 12.7. The van der Waals surface area contributed by atoms with Gasteiger partial charge in [-0.05, 0) is 44.8 Å². The Bertz CT molecular complexity index is 431. The SMILES string of the molecule is CCN1CCC[C@H]1[C@H]1CCCN1C(=O)c1ccn[nH]1. The minimum absolute atomic E-state index is 0.114. The highest BCUT2D eigenvalue weighted by Gasteiger charge is 2.39. The van der Waals surface area contributed by atoms with E-state index in [0.29, 0.717) is 17.8 Å². The van der Waals surface area contributed by atoms with Crippen molar-refractivity contribution in [3.63, 3.8) is 0 Å². The van der Waals surface area contributed by atoms with Crippen LogP contribution in [0.1, 0.15) is 43.1 Å². The summed E-state index contributed by atoms with van der Waals surface area (Å²) in [6, 6.07) is 2.71. The second-order valence-electron chi connectivity index (χ2n) is 5.52. The van der Waals surface area contributed by atoms with Gasteiger partial charge in [-0.3, -0.25) is 14.8 Å². The van der Waals surface area contributed by atoms with E-state index in [1.807, 2.05) is 0 Å². The molecule has 1 N–H and O–H groups in total. The lowest BCUT2D eigenvalue weighted by Crippen LogP contribution is -2.48. The van der Waals surface area contributed by atoms with Crippen LogP contribution in [0.15, 0.2) is 12.3 Å². The second kappa shape index (κ2) is 5.33. The zero-order valence-corrected chi connectivity index (χ0v) is 11.5. The molecule has 0 spiro atoms. The van der Waals surface area contributed by atoms with Gasteiger partial charge < -0.3 is 4.90 Å². The van der Waals surface area contributed by atoms with Crippen molar-refractivity contribution in [2.45, 2.75) is 44.7 Å². The van der Waals surface area contributed by atoms with E-state index in [2.05, 4.69) is 26.9 Å². The quantitative estimate of drug-likeness (QED) is 0.898. The fourth-order valence-electron chi connectivity index (χ4n) is 3.65. The van der Waals surface area contributed by atoms with Crippen molar-refractivity contribution in [1.82, 2.24) is 20.0 Å². The van der Waals surface area contributed by atoms with Crippen LogP contribution in [-0.4, -0.2) is 57.6 Å². The van der Waals surface area contributed by atoms with Crippen LogP contribution in [0.5, 0.6) is 0 Å². The number of hydrogen-bond acceptors (Lipinski definition) is 3. The highest BCUT2D eigenvalue weighted by atomic mass is 16.2. The summed E-state index contributed by atoms with van der Waals surface area (Å²) in [5.74, 6) is 0.114. The summed E-state index contributed by atoms with van der Waals surface area (Å²) in [6.45, 7) is 5.38. The number of aromatic nitrogens is 2. The minimum atomic E-state index is 0.114. The largest absolute Gasteiger partial charge is 0.333 e. The standard InChI is InChI=1S/C14H22N4O/c1-2-17-9-3-5-12(17)13-6-4-10-18(13)14(19)11-7-8-15-16-11/h7-8,12-13H,2-6,9-10H2,1H3,(H,15,16)/t12-,13+/m0/s1. The minimum Gasteiger partial charge on any atom is -0.333 e. The Hall–Kier alpha value is -1.36. The molecule has 0 aliphatic carbocycles. The summed E-state index contributed by atoms with van der Waals surface area (Å²) < 4.78 is 0. The number of carbonyl (C=O) groups is 1. The molecule has 2 fully saturated rings. The molecule has 1 aromatic heterocycles. The molecule has 2 saturated heterocycles. The van der Waals surface area contributed by atoms with Crippen LogP contribution in [-0.2, 0) is 0 Å². The van der Waals surface area contributed by atoms with E-state index in [0.717, 1.165) is 25.9 Å². The Morgan fingerprint density at radius 3 is 2.89 bits per heavy atom. The maximum Gasteiger partial charge on any atom is 0.272 e. The zero-order valence-electron chi connectivity index (χ0n) is 11.5. The molecule has 1 aromatic rings. The van der Waals surface area contributed by atoms with E-state index in [1.165, 1.54) is 19.4 Å². The van der Waals surface area contributed by atoms with Crippen molar-refractivity contribution < 1.29 is 4.79 Å². The van der Waals surface area contributed by atoms with Gasteiger partial charge >= 0.3 is 0 Å². The third-order valence-corrected chi connectivity index (χ3v) is 4.56. The Labute approximate surface area is 114 Å². The first-order valence-corrected chi connectivity index (χ1v) is 7.35. The maximum absolute atomic E-state index is 12.5. The Kier molecular flexibility index (Phi) is 3.55. The smallest absolute Gasteiger partial charge is 0.272 e. The lowest BCUT2D eigenvalue weighted by Gasteiger charge is -2.34. The molecule has 0 aromatic carbocycles. The molecule has 5 nitrogen and oxygen atoms in total. The fourth-order valence-corrected chi connectivity index (χ4v) is 3.65. The average Bonchev–Trinajstić information content (AvgIpc) is 3.16. The van der Waals surface area contributed by atoms with Crippen LogP contribution in [0.2, 0.25) is 0 Å². The van der Waals surface area contributed by atoms with Crippen LogP contribution in [0.4, 0.5) is 0 Å². The predicted molar refractivity (Wildman–Crippen MR) is 72.9 cm³/mol. The second-order valence-corrected chi connectivity index (χ2v) is 5.52. The summed E-state index contributed by atoms with van der Waals surface area (Å²) in [6.07, 6.45) is 6.40. The van der Waals surface area contributed by atoms with Crippen molar-refractivity contribution >= 4 is 5.91 Å². The third-order valence-electron chi connectivity index (χ3n) is 4.56. The first-order valence-electron chi connectivity index (χ1n) is 7.35. The molecule has 1 amide bonds. The number of likely N-dealkylation sites (N-methyl/N-ethyl adjacent to an activating group) is 1. The number of carbonyl (C=O) groups excluding carboxylic acids is 1. The Balaban J connectivity index is 1.76. The van der Waals surface area contributed by atoms with Gasteiger partial charge in [-0.15, -0.1) is 0 Å². The number of aromatic amines is 1. The van der Waals surface area contributed by atoms with Crippen LogP contribution >= 0.6 is 0 Å². The van der Waals surface area contributed by atoms with Crippen molar-refractivity contribution in [2.75, 3.05) is 19.6 Å². The highest BCUT2D eigenvalue weighted by Crippen LogP contribution is 2.30. The van der Waals surface area contributed by atoms with E-state index < -0.39 is 0 Å². The average molecular weight is 262 g/mol. The molecule has 19 heavy (non-hydrogen) atoms. The molecule has 3 heterocycles.